The number of aromatic nitrogens is 4. The Balaban J connectivity index is 2.10. The summed E-state index contributed by atoms with van der Waals surface area (Å²) >= 11 is 0. The average molecular weight is 370 g/mol. The number of nitrogens with zero attached hydrogens (tertiary/aromatic N) is 4. The van der Waals surface area contributed by atoms with Crippen molar-refractivity contribution >= 4 is 0 Å². The van der Waals surface area contributed by atoms with Gasteiger partial charge in [0, 0.05) is 11.1 Å². The highest BCUT2D eigenvalue weighted by atomic mass is 19.4. The Kier molecular flexibility index (Phi) is 4.34. The van der Waals surface area contributed by atoms with Crippen molar-refractivity contribution in [3.8, 4) is 22.5 Å². The van der Waals surface area contributed by atoms with Crippen LogP contribution in [0.4, 0.5) is 26.3 Å². The van der Waals surface area contributed by atoms with Crippen LogP contribution in [-0.4, -0.2) is 20.4 Å². The highest BCUT2D eigenvalue weighted by Crippen LogP contribution is 2.40. The molecule has 3 rings (SSSR count). The molecule has 26 heavy (non-hydrogen) atoms. The summed E-state index contributed by atoms with van der Waals surface area (Å²) in [5.74, 6) is 0. The maximum absolute atomic E-state index is 13.2. The molecule has 0 saturated heterocycles. The number of hydrogen-bond donors (Lipinski definition) is 0. The monoisotopic (exact) mass is 370 g/mol. The van der Waals surface area contributed by atoms with Crippen LogP contribution >= 0.6 is 0 Å². The Morgan fingerprint density at radius 3 is 1.92 bits per heavy atom. The maximum Gasteiger partial charge on any atom is 0.417 e. The van der Waals surface area contributed by atoms with Gasteiger partial charge >= 0.3 is 12.4 Å². The van der Waals surface area contributed by atoms with E-state index in [-0.39, 0.29) is 5.69 Å². The minimum Gasteiger partial charge on any atom is -0.166 e. The molecular weight excluding hydrogens is 362 g/mol. The molecule has 10 heteroatoms. The van der Waals surface area contributed by atoms with E-state index in [2.05, 4.69) is 20.4 Å². The van der Waals surface area contributed by atoms with Crippen molar-refractivity contribution in [2.24, 2.45) is 0 Å². The second-order valence-corrected chi connectivity index (χ2v) is 5.19. The molecule has 0 aliphatic carbocycles. The van der Waals surface area contributed by atoms with Crippen LogP contribution in [0.25, 0.3) is 22.5 Å². The summed E-state index contributed by atoms with van der Waals surface area (Å²) < 4.78 is 78.1. The number of alkyl halides is 6. The van der Waals surface area contributed by atoms with E-state index in [0.717, 1.165) is 0 Å². The first-order valence-corrected chi connectivity index (χ1v) is 7.06. The SMILES string of the molecule is FC(F)(F)c1ccc(C(F)(F)F)c(-c2ccc(-c3ccnnc3)nn2)c1. The van der Waals surface area contributed by atoms with Gasteiger partial charge in [0.15, 0.2) is 0 Å². The van der Waals surface area contributed by atoms with Crippen LogP contribution in [-0.2, 0) is 12.4 Å². The molecule has 0 bridgehead atoms. The molecule has 0 atom stereocenters. The number of hydrogen-bond acceptors (Lipinski definition) is 4. The summed E-state index contributed by atoms with van der Waals surface area (Å²) in [5, 5.41) is 14.6. The van der Waals surface area contributed by atoms with Crippen molar-refractivity contribution in [2.75, 3.05) is 0 Å². The van der Waals surface area contributed by atoms with Crippen molar-refractivity contribution in [3.05, 3.63) is 59.9 Å². The molecule has 0 N–H and O–H groups in total. The van der Waals surface area contributed by atoms with E-state index in [1.54, 1.807) is 6.07 Å². The summed E-state index contributed by atoms with van der Waals surface area (Å²) in [6, 6.07) is 5.27. The zero-order chi connectivity index (χ0) is 18.9. The summed E-state index contributed by atoms with van der Waals surface area (Å²) in [4.78, 5) is 0. The topological polar surface area (TPSA) is 51.6 Å². The first-order chi connectivity index (χ1) is 12.2. The van der Waals surface area contributed by atoms with Crippen LogP contribution in [0.1, 0.15) is 11.1 Å². The Morgan fingerprint density at radius 2 is 1.38 bits per heavy atom. The molecule has 0 radical (unpaired) electrons. The third-order valence-corrected chi connectivity index (χ3v) is 3.47. The molecule has 134 valence electrons. The number of rotatable bonds is 2. The van der Waals surface area contributed by atoms with Crippen molar-refractivity contribution in [1.29, 1.82) is 0 Å². The molecule has 0 aliphatic rings. The maximum atomic E-state index is 13.2. The molecule has 0 aliphatic heterocycles. The first-order valence-electron chi connectivity index (χ1n) is 7.06. The van der Waals surface area contributed by atoms with Gasteiger partial charge in [0.25, 0.3) is 0 Å². The Labute approximate surface area is 142 Å². The molecule has 1 aromatic carbocycles. The largest absolute Gasteiger partial charge is 0.417 e. The van der Waals surface area contributed by atoms with Crippen LogP contribution < -0.4 is 0 Å². The number of benzene rings is 1. The van der Waals surface area contributed by atoms with Crippen molar-refractivity contribution < 1.29 is 26.3 Å². The van der Waals surface area contributed by atoms with E-state index in [4.69, 9.17) is 0 Å². The van der Waals surface area contributed by atoms with Crippen LogP contribution in [0.15, 0.2) is 48.8 Å². The van der Waals surface area contributed by atoms with E-state index in [9.17, 15) is 26.3 Å². The van der Waals surface area contributed by atoms with Crippen LogP contribution in [0.3, 0.4) is 0 Å². The summed E-state index contributed by atoms with van der Waals surface area (Å²) in [6.45, 7) is 0. The fraction of sp³-hybridized carbons (Fsp3) is 0.125. The van der Waals surface area contributed by atoms with Crippen LogP contribution in [0.2, 0.25) is 0 Å². The molecule has 4 nitrogen and oxygen atoms in total. The minimum absolute atomic E-state index is 0.296. The van der Waals surface area contributed by atoms with Gasteiger partial charge in [-0.05, 0) is 36.4 Å². The molecule has 0 unspecified atom stereocenters. The van der Waals surface area contributed by atoms with Crippen LogP contribution in [0.5, 0.6) is 0 Å². The van der Waals surface area contributed by atoms with E-state index < -0.39 is 29.0 Å². The predicted octanol–water partition coefficient (Wildman–Crippen LogP) is 4.64. The highest BCUT2D eigenvalue weighted by Gasteiger charge is 2.37. The molecule has 3 aromatic rings. The van der Waals surface area contributed by atoms with Crippen molar-refractivity contribution in [2.45, 2.75) is 12.4 Å². The van der Waals surface area contributed by atoms with Gasteiger partial charge in [0.2, 0.25) is 0 Å². The first kappa shape index (κ1) is 17.8. The quantitative estimate of drug-likeness (QED) is 0.617. The highest BCUT2D eigenvalue weighted by molar-refractivity contribution is 5.67. The molecule has 0 fully saturated rings. The third-order valence-electron chi connectivity index (χ3n) is 3.47. The minimum atomic E-state index is -4.84. The zero-order valence-electron chi connectivity index (χ0n) is 12.7. The normalized spacial score (nSPS) is 12.2. The predicted molar refractivity (Wildman–Crippen MR) is 78.5 cm³/mol. The van der Waals surface area contributed by atoms with E-state index in [1.807, 2.05) is 0 Å². The molecule has 2 heterocycles. The van der Waals surface area contributed by atoms with Crippen molar-refractivity contribution in [1.82, 2.24) is 20.4 Å². The standard InChI is InChI=1S/C16H8F6N4/c17-15(18,19)10-1-2-12(16(20,21)22)11(7-10)14-4-3-13(25-26-14)9-5-6-23-24-8-9/h1-8H. The third kappa shape index (κ3) is 3.63. The fourth-order valence-corrected chi connectivity index (χ4v) is 2.25. The van der Waals surface area contributed by atoms with E-state index >= 15 is 0 Å². The Morgan fingerprint density at radius 1 is 0.692 bits per heavy atom. The van der Waals surface area contributed by atoms with Gasteiger partial charge in [-0.15, -0.1) is 10.2 Å². The van der Waals surface area contributed by atoms with Gasteiger partial charge in [-0.25, -0.2) is 0 Å². The molecule has 0 spiro atoms. The molecule has 0 amide bonds. The van der Waals surface area contributed by atoms with Gasteiger partial charge in [-0.1, -0.05) is 0 Å². The average Bonchev–Trinajstić information content (AvgIpc) is 2.60. The van der Waals surface area contributed by atoms with Gasteiger partial charge in [0.1, 0.15) is 0 Å². The summed E-state index contributed by atoms with van der Waals surface area (Å²) in [5.41, 5.74) is -2.64. The van der Waals surface area contributed by atoms with E-state index in [0.29, 0.717) is 29.5 Å². The van der Waals surface area contributed by atoms with Crippen molar-refractivity contribution in [3.63, 3.8) is 0 Å². The lowest BCUT2D eigenvalue weighted by Gasteiger charge is -2.15. The smallest absolute Gasteiger partial charge is 0.166 e. The molecular formula is C16H8F6N4. The second kappa shape index (κ2) is 6.36. The van der Waals surface area contributed by atoms with Gasteiger partial charge in [-0.3, -0.25) is 0 Å². The second-order valence-electron chi connectivity index (χ2n) is 5.19. The summed E-state index contributed by atoms with van der Waals surface area (Å²) in [6.07, 6.45) is -6.86. The van der Waals surface area contributed by atoms with Gasteiger partial charge in [-0.2, -0.15) is 36.5 Å². The van der Waals surface area contributed by atoms with Crippen LogP contribution in [0, 0.1) is 0 Å². The Hall–Kier alpha value is -3.04. The molecule has 0 saturated carbocycles. The Bertz CT molecular complexity index is 905. The lowest BCUT2D eigenvalue weighted by molar-refractivity contribution is -0.141. The lowest BCUT2D eigenvalue weighted by Crippen LogP contribution is -2.11. The number of halogens is 6. The lowest BCUT2D eigenvalue weighted by atomic mass is 10.00. The summed E-state index contributed by atoms with van der Waals surface area (Å²) in [7, 11) is 0. The van der Waals surface area contributed by atoms with E-state index in [1.165, 1.54) is 24.5 Å². The zero-order valence-corrected chi connectivity index (χ0v) is 12.7. The van der Waals surface area contributed by atoms with Gasteiger partial charge < -0.3 is 0 Å². The molecule has 2 aromatic heterocycles. The van der Waals surface area contributed by atoms with Gasteiger partial charge in [0.05, 0.1) is 34.9 Å². The fourth-order valence-electron chi connectivity index (χ4n) is 2.25.